The van der Waals surface area contributed by atoms with Gasteiger partial charge in [0.05, 0.1) is 5.56 Å². The summed E-state index contributed by atoms with van der Waals surface area (Å²) in [5.74, 6) is -0.373. The van der Waals surface area contributed by atoms with Crippen molar-refractivity contribution in [3.05, 3.63) is 65.7 Å². The van der Waals surface area contributed by atoms with E-state index >= 15 is 0 Å². The average Bonchev–Trinajstić information content (AvgIpc) is 2.39. The van der Waals surface area contributed by atoms with E-state index in [0.29, 0.717) is 5.56 Å². The van der Waals surface area contributed by atoms with Gasteiger partial charge < -0.3 is 14.4 Å². The predicted octanol–water partition coefficient (Wildman–Crippen LogP) is 1.58. The normalized spacial score (nSPS) is 11.6. The van der Waals surface area contributed by atoms with Gasteiger partial charge in [0, 0.05) is 0 Å². The van der Waals surface area contributed by atoms with Gasteiger partial charge in [-0.05, 0) is 11.6 Å². The lowest BCUT2D eigenvalue weighted by atomic mass is 10.2. The number of hydrogen-bond acceptors (Lipinski definition) is 5. The molecule has 106 valence electrons. The Balaban J connectivity index is 2.21. The molecule has 5 nitrogen and oxygen atoms in total. The van der Waals surface area contributed by atoms with Crippen molar-refractivity contribution in [2.24, 2.45) is 0 Å². The molecule has 2 N–H and O–H groups in total. The van der Waals surface area contributed by atoms with Crippen molar-refractivity contribution in [1.82, 2.24) is 0 Å². The highest BCUT2D eigenvalue weighted by molar-refractivity contribution is 7.86. The van der Waals surface area contributed by atoms with Crippen LogP contribution in [0, 0.1) is 0 Å². The van der Waals surface area contributed by atoms with E-state index in [2.05, 4.69) is 0 Å². The summed E-state index contributed by atoms with van der Waals surface area (Å²) in [6, 6.07) is 14.5. The molecule has 2 aromatic carbocycles. The van der Waals surface area contributed by atoms with Gasteiger partial charge in [0.1, 0.15) is 5.75 Å². The minimum absolute atomic E-state index is 0.00383. The van der Waals surface area contributed by atoms with Crippen LogP contribution in [0.15, 0.2) is 54.6 Å². The van der Waals surface area contributed by atoms with E-state index in [0.717, 1.165) is 0 Å². The Bertz CT molecular complexity index is 665. The van der Waals surface area contributed by atoms with Crippen LogP contribution in [-0.2, 0) is 15.9 Å². The van der Waals surface area contributed by atoms with E-state index in [-0.39, 0.29) is 17.1 Å². The first-order chi connectivity index (χ1) is 9.48. The molecule has 0 saturated heterocycles. The molecule has 6 heteroatoms. The van der Waals surface area contributed by atoms with E-state index in [1.807, 2.05) is 0 Å². The highest BCUT2D eigenvalue weighted by Gasteiger charge is 2.18. The smallest absolute Gasteiger partial charge is 0.313 e. The summed E-state index contributed by atoms with van der Waals surface area (Å²) in [5, 5.41) is 18.3. The third kappa shape index (κ3) is 3.80. The number of aliphatic hydroxyl groups excluding tert-OH is 1. The lowest BCUT2D eigenvalue weighted by molar-refractivity contribution is -0.0433. The minimum Gasteiger partial charge on any atom is -0.382 e. The Hall–Kier alpha value is -1.89. The van der Waals surface area contributed by atoms with Crippen molar-refractivity contribution in [1.29, 1.82) is 0 Å². The molecule has 0 atom stereocenters. The molecule has 2 rings (SSSR count). The standard InChI is InChI=1S/C14H14O5S/c15-14(16)12-8-4-5-9-13(12)19-20(17,18)10-11-6-2-1-3-7-11/h1-9,14-16H,10H2. The summed E-state index contributed by atoms with van der Waals surface area (Å²) >= 11 is 0. The molecule has 0 unspecified atom stereocenters. The van der Waals surface area contributed by atoms with Crippen molar-refractivity contribution in [2.45, 2.75) is 12.0 Å². The molecule has 0 bridgehead atoms. The van der Waals surface area contributed by atoms with Crippen LogP contribution in [0.4, 0.5) is 0 Å². The molecule has 0 radical (unpaired) electrons. The first kappa shape index (κ1) is 14.5. The van der Waals surface area contributed by atoms with Crippen LogP contribution >= 0.6 is 0 Å². The molecule has 0 spiro atoms. The van der Waals surface area contributed by atoms with Crippen LogP contribution in [0.1, 0.15) is 17.4 Å². The van der Waals surface area contributed by atoms with Crippen LogP contribution in [-0.4, -0.2) is 18.6 Å². The third-order valence-electron chi connectivity index (χ3n) is 2.60. The minimum atomic E-state index is -3.87. The Morgan fingerprint density at radius 3 is 2.20 bits per heavy atom. The van der Waals surface area contributed by atoms with Crippen molar-refractivity contribution in [2.75, 3.05) is 0 Å². The van der Waals surface area contributed by atoms with Crippen LogP contribution in [0.5, 0.6) is 5.75 Å². The van der Waals surface area contributed by atoms with Gasteiger partial charge in [-0.1, -0.05) is 48.5 Å². The first-order valence-corrected chi connectivity index (χ1v) is 7.47. The van der Waals surface area contributed by atoms with Crippen LogP contribution < -0.4 is 4.18 Å². The van der Waals surface area contributed by atoms with Crippen molar-refractivity contribution in [3.8, 4) is 5.75 Å². The van der Waals surface area contributed by atoms with E-state index in [1.54, 1.807) is 42.5 Å². The number of rotatable bonds is 5. The van der Waals surface area contributed by atoms with Gasteiger partial charge in [-0.15, -0.1) is 0 Å². The van der Waals surface area contributed by atoms with Gasteiger partial charge in [-0.25, -0.2) is 0 Å². The second-order valence-corrected chi connectivity index (χ2v) is 5.75. The number of hydrogen-bond donors (Lipinski definition) is 2. The fourth-order valence-electron chi connectivity index (χ4n) is 1.71. The maximum absolute atomic E-state index is 12.0. The Kier molecular flexibility index (Phi) is 4.39. The van der Waals surface area contributed by atoms with Gasteiger partial charge in [0.2, 0.25) is 0 Å². The van der Waals surface area contributed by atoms with Crippen molar-refractivity contribution < 1.29 is 22.8 Å². The topological polar surface area (TPSA) is 83.8 Å². The maximum Gasteiger partial charge on any atom is 0.313 e. The Labute approximate surface area is 117 Å². The molecule has 0 fully saturated rings. The van der Waals surface area contributed by atoms with Crippen molar-refractivity contribution >= 4 is 10.1 Å². The molecule has 20 heavy (non-hydrogen) atoms. The van der Waals surface area contributed by atoms with E-state index in [1.165, 1.54) is 12.1 Å². The van der Waals surface area contributed by atoms with Gasteiger partial charge >= 0.3 is 10.1 Å². The van der Waals surface area contributed by atoms with E-state index in [4.69, 9.17) is 4.18 Å². The first-order valence-electron chi connectivity index (χ1n) is 5.89. The molecule has 0 aliphatic heterocycles. The summed E-state index contributed by atoms with van der Waals surface area (Å²) in [5.41, 5.74) is 0.596. The summed E-state index contributed by atoms with van der Waals surface area (Å²) in [6.07, 6.45) is -1.79. The van der Waals surface area contributed by atoms with Gasteiger partial charge in [-0.2, -0.15) is 8.42 Å². The second kappa shape index (κ2) is 6.04. The fourth-order valence-corrected chi connectivity index (χ4v) is 2.80. The number of benzene rings is 2. The molecule has 0 amide bonds. The van der Waals surface area contributed by atoms with Gasteiger partial charge in [-0.3, -0.25) is 0 Å². The molecule has 2 aromatic rings. The molecule has 0 aliphatic carbocycles. The summed E-state index contributed by atoms with van der Waals surface area (Å²) in [7, 11) is -3.87. The highest BCUT2D eigenvalue weighted by Crippen LogP contribution is 2.25. The molecular weight excluding hydrogens is 280 g/mol. The average molecular weight is 294 g/mol. The zero-order valence-corrected chi connectivity index (χ0v) is 11.3. The zero-order chi connectivity index (χ0) is 14.6. The van der Waals surface area contributed by atoms with Crippen LogP contribution in [0.2, 0.25) is 0 Å². The summed E-state index contributed by atoms with van der Waals surface area (Å²) in [6.45, 7) is 0. The van der Waals surface area contributed by atoms with Gasteiger partial charge in [0.25, 0.3) is 0 Å². The predicted molar refractivity (Wildman–Crippen MR) is 73.3 cm³/mol. The molecular formula is C14H14O5S. The quantitative estimate of drug-likeness (QED) is 0.646. The van der Waals surface area contributed by atoms with E-state index < -0.39 is 16.4 Å². The Morgan fingerprint density at radius 1 is 0.950 bits per heavy atom. The summed E-state index contributed by atoms with van der Waals surface area (Å²) in [4.78, 5) is 0. The van der Waals surface area contributed by atoms with E-state index in [9.17, 15) is 18.6 Å². The lowest BCUT2D eigenvalue weighted by Crippen LogP contribution is -2.13. The maximum atomic E-state index is 12.0. The lowest BCUT2D eigenvalue weighted by Gasteiger charge is -2.12. The van der Waals surface area contributed by atoms with Crippen molar-refractivity contribution in [3.63, 3.8) is 0 Å². The monoisotopic (exact) mass is 294 g/mol. The molecule has 0 saturated carbocycles. The SMILES string of the molecule is O=S(=O)(Cc1ccccc1)Oc1ccccc1C(O)O. The number of para-hydroxylation sites is 1. The third-order valence-corrected chi connectivity index (χ3v) is 3.72. The zero-order valence-electron chi connectivity index (χ0n) is 10.5. The molecule has 0 aromatic heterocycles. The number of aliphatic hydroxyl groups is 2. The molecule has 0 heterocycles. The van der Waals surface area contributed by atoms with Crippen LogP contribution in [0.3, 0.4) is 0 Å². The summed E-state index contributed by atoms with van der Waals surface area (Å²) < 4.78 is 28.9. The highest BCUT2D eigenvalue weighted by atomic mass is 32.2. The Morgan fingerprint density at radius 2 is 1.55 bits per heavy atom. The van der Waals surface area contributed by atoms with Gasteiger partial charge in [0.15, 0.2) is 12.0 Å². The molecule has 0 aliphatic rings. The largest absolute Gasteiger partial charge is 0.382 e. The van der Waals surface area contributed by atoms with Crippen LogP contribution in [0.25, 0.3) is 0 Å². The second-order valence-electron chi connectivity index (χ2n) is 4.18. The fraction of sp³-hybridized carbons (Fsp3) is 0.143.